The molecular formula is C32H36N2O2. The molecule has 0 aromatic heterocycles. The molecule has 4 nitrogen and oxygen atoms in total. The average Bonchev–Trinajstić information content (AvgIpc) is 2.94. The molecule has 4 rings (SSSR count). The average molecular weight is 481 g/mol. The van der Waals surface area contributed by atoms with Crippen molar-refractivity contribution < 1.29 is 9.59 Å². The zero-order valence-corrected chi connectivity index (χ0v) is 20.9. The number of nitrogens with one attached hydrogen (secondary N) is 1. The summed E-state index contributed by atoms with van der Waals surface area (Å²) in [4.78, 5) is 29.1. The van der Waals surface area contributed by atoms with Gasteiger partial charge in [0.05, 0.1) is 0 Å². The van der Waals surface area contributed by atoms with Gasteiger partial charge in [-0.05, 0) is 55.2 Å². The van der Waals surface area contributed by atoms with E-state index < -0.39 is 6.04 Å². The van der Waals surface area contributed by atoms with Gasteiger partial charge >= 0.3 is 0 Å². The van der Waals surface area contributed by atoms with E-state index in [4.69, 9.17) is 0 Å². The Hall–Kier alpha value is -3.66. The second kappa shape index (κ2) is 13.4. The minimum absolute atomic E-state index is 0.0262. The van der Waals surface area contributed by atoms with E-state index in [0.717, 1.165) is 36.0 Å². The van der Waals surface area contributed by atoms with Crippen molar-refractivity contribution in [2.45, 2.75) is 57.5 Å². The Labute approximate surface area is 215 Å². The van der Waals surface area contributed by atoms with Crippen LogP contribution in [0.2, 0.25) is 0 Å². The Bertz CT molecular complexity index is 1130. The van der Waals surface area contributed by atoms with Crippen molar-refractivity contribution in [2.75, 3.05) is 6.54 Å². The van der Waals surface area contributed by atoms with Crippen LogP contribution >= 0.6 is 0 Å². The van der Waals surface area contributed by atoms with Gasteiger partial charge in [0.2, 0.25) is 11.8 Å². The molecule has 0 fully saturated rings. The van der Waals surface area contributed by atoms with Gasteiger partial charge in [0.25, 0.3) is 0 Å². The first kappa shape index (κ1) is 25.4. The summed E-state index contributed by atoms with van der Waals surface area (Å²) >= 11 is 0. The summed E-state index contributed by atoms with van der Waals surface area (Å²) in [5, 5.41) is 3.15. The minimum atomic E-state index is -0.685. The fourth-order valence-electron chi connectivity index (χ4n) is 4.83. The molecule has 2 amide bonds. The molecule has 0 heterocycles. The van der Waals surface area contributed by atoms with Gasteiger partial charge in [0, 0.05) is 19.5 Å². The van der Waals surface area contributed by atoms with Crippen molar-refractivity contribution in [3.63, 3.8) is 0 Å². The topological polar surface area (TPSA) is 49.4 Å². The number of carbonyl (C=O) groups is 2. The Morgan fingerprint density at radius 1 is 0.778 bits per heavy atom. The third-order valence-corrected chi connectivity index (χ3v) is 6.79. The van der Waals surface area contributed by atoms with Crippen molar-refractivity contribution in [1.82, 2.24) is 10.2 Å². The van der Waals surface area contributed by atoms with Crippen molar-refractivity contribution >= 4 is 11.8 Å². The first-order chi connectivity index (χ1) is 17.7. The normalized spacial score (nSPS) is 13.9. The highest BCUT2D eigenvalue weighted by Gasteiger charge is 2.31. The predicted molar refractivity (Wildman–Crippen MR) is 145 cm³/mol. The summed E-state index contributed by atoms with van der Waals surface area (Å²) in [7, 11) is 0. The van der Waals surface area contributed by atoms with Crippen LogP contribution in [0, 0.1) is 0 Å². The Kier molecular flexibility index (Phi) is 9.49. The number of aryl methyl sites for hydroxylation is 1. The summed E-state index contributed by atoms with van der Waals surface area (Å²) < 4.78 is 0. The zero-order valence-electron chi connectivity index (χ0n) is 20.9. The van der Waals surface area contributed by atoms with Crippen LogP contribution in [-0.4, -0.2) is 23.3 Å². The van der Waals surface area contributed by atoms with Crippen molar-refractivity contribution in [3.8, 4) is 0 Å². The van der Waals surface area contributed by atoms with E-state index in [1.807, 2.05) is 91.0 Å². The molecule has 0 saturated heterocycles. The van der Waals surface area contributed by atoms with Crippen LogP contribution in [0.25, 0.3) is 0 Å². The largest absolute Gasteiger partial charge is 0.354 e. The molecule has 1 aliphatic carbocycles. The van der Waals surface area contributed by atoms with Gasteiger partial charge in [-0.3, -0.25) is 9.59 Å². The number of hydrogen-bond acceptors (Lipinski definition) is 2. The standard InChI is InChI=1S/C32H36N2O2/c35-30(22-21-26-13-5-1-6-14-26)34(25-28-17-9-3-10-18-28)31(29-19-11-4-12-20-29)32(36)33-24-23-27-15-7-2-8-16-27/h1,3-6,9-15,17-20,31H,2,7-8,16,21-25H2,(H,33,36)/t31-/m1/s1. The molecule has 1 atom stereocenters. The third kappa shape index (κ3) is 7.42. The van der Waals surface area contributed by atoms with E-state index in [2.05, 4.69) is 11.4 Å². The van der Waals surface area contributed by atoms with E-state index in [9.17, 15) is 9.59 Å². The summed E-state index contributed by atoms with van der Waals surface area (Å²) in [6.45, 7) is 0.970. The maximum absolute atomic E-state index is 13.7. The van der Waals surface area contributed by atoms with Gasteiger partial charge in [0.15, 0.2) is 0 Å². The molecule has 0 saturated carbocycles. The molecule has 1 aliphatic rings. The minimum Gasteiger partial charge on any atom is -0.354 e. The van der Waals surface area contributed by atoms with E-state index in [1.165, 1.54) is 18.4 Å². The Morgan fingerprint density at radius 2 is 1.42 bits per heavy atom. The third-order valence-electron chi connectivity index (χ3n) is 6.79. The Balaban J connectivity index is 1.55. The summed E-state index contributed by atoms with van der Waals surface area (Å²) in [6.07, 6.45) is 8.92. The maximum Gasteiger partial charge on any atom is 0.247 e. The van der Waals surface area contributed by atoms with Crippen molar-refractivity contribution in [3.05, 3.63) is 119 Å². The quantitative estimate of drug-likeness (QED) is 0.323. The molecule has 1 N–H and O–H groups in total. The smallest absolute Gasteiger partial charge is 0.247 e. The lowest BCUT2D eigenvalue weighted by molar-refractivity contribution is -0.141. The van der Waals surface area contributed by atoms with Gasteiger partial charge in [0.1, 0.15) is 6.04 Å². The van der Waals surface area contributed by atoms with E-state index in [-0.39, 0.29) is 11.8 Å². The molecule has 36 heavy (non-hydrogen) atoms. The predicted octanol–water partition coefficient (Wildman–Crippen LogP) is 6.40. The molecule has 0 radical (unpaired) electrons. The van der Waals surface area contributed by atoms with Gasteiger partial charge in [-0.2, -0.15) is 0 Å². The highest BCUT2D eigenvalue weighted by molar-refractivity contribution is 5.88. The van der Waals surface area contributed by atoms with Crippen LogP contribution in [0.15, 0.2) is 103 Å². The lowest BCUT2D eigenvalue weighted by atomic mass is 9.97. The van der Waals surface area contributed by atoms with Crippen molar-refractivity contribution in [1.29, 1.82) is 0 Å². The summed E-state index contributed by atoms with van der Waals surface area (Å²) in [5.74, 6) is -0.150. The van der Waals surface area contributed by atoms with E-state index in [1.54, 1.807) is 4.90 Å². The Morgan fingerprint density at radius 3 is 2.06 bits per heavy atom. The number of nitrogens with zero attached hydrogens (tertiary/aromatic N) is 1. The summed E-state index contributed by atoms with van der Waals surface area (Å²) in [6, 6.07) is 28.9. The number of carbonyl (C=O) groups excluding carboxylic acids is 2. The number of benzene rings is 3. The highest BCUT2D eigenvalue weighted by atomic mass is 16.2. The SMILES string of the molecule is O=C(NCCC1=CCCCC1)[C@@H](c1ccccc1)N(Cc1ccccc1)C(=O)CCc1ccccc1. The second-order valence-electron chi connectivity index (χ2n) is 9.46. The molecule has 3 aromatic rings. The van der Waals surface area contributed by atoms with Crippen molar-refractivity contribution in [2.24, 2.45) is 0 Å². The van der Waals surface area contributed by atoms with Crippen LogP contribution in [-0.2, 0) is 22.6 Å². The summed E-state index contributed by atoms with van der Waals surface area (Å²) in [5.41, 5.74) is 4.38. The second-order valence-corrected chi connectivity index (χ2v) is 9.46. The van der Waals surface area contributed by atoms with Gasteiger partial charge in [-0.1, -0.05) is 103 Å². The molecular weight excluding hydrogens is 444 g/mol. The molecule has 4 heteroatoms. The monoisotopic (exact) mass is 480 g/mol. The van der Waals surface area contributed by atoms with Crippen LogP contribution in [0.1, 0.15) is 61.3 Å². The van der Waals surface area contributed by atoms with Gasteiger partial charge < -0.3 is 10.2 Å². The molecule has 0 aliphatic heterocycles. The lowest BCUT2D eigenvalue weighted by Gasteiger charge is -2.32. The number of rotatable bonds is 11. The maximum atomic E-state index is 13.7. The molecule has 3 aromatic carbocycles. The van der Waals surface area contributed by atoms with E-state index in [0.29, 0.717) is 25.9 Å². The number of allylic oxidation sites excluding steroid dienone is 1. The number of hydrogen-bond donors (Lipinski definition) is 1. The first-order valence-corrected chi connectivity index (χ1v) is 13.1. The van der Waals surface area contributed by atoms with Crippen LogP contribution in [0.5, 0.6) is 0 Å². The van der Waals surface area contributed by atoms with Crippen LogP contribution in [0.4, 0.5) is 0 Å². The first-order valence-electron chi connectivity index (χ1n) is 13.1. The van der Waals surface area contributed by atoms with Crippen LogP contribution < -0.4 is 5.32 Å². The molecule has 0 unspecified atom stereocenters. The lowest BCUT2D eigenvalue weighted by Crippen LogP contribution is -2.43. The zero-order chi connectivity index (χ0) is 25.0. The van der Waals surface area contributed by atoms with Gasteiger partial charge in [-0.25, -0.2) is 0 Å². The molecule has 0 bridgehead atoms. The fraction of sp³-hybridized carbons (Fsp3) is 0.312. The van der Waals surface area contributed by atoms with Crippen LogP contribution in [0.3, 0.4) is 0 Å². The fourth-order valence-corrected chi connectivity index (χ4v) is 4.83. The molecule has 0 spiro atoms. The molecule has 186 valence electrons. The number of amides is 2. The van der Waals surface area contributed by atoms with Gasteiger partial charge in [-0.15, -0.1) is 0 Å². The van der Waals surface area contributed by atoms with E-state index >= 15 is 0 Å². The highest BCUT2D eigenvalue weighted by Crippen LogP contribution is 2.26.